The van der Waals surface area contributed by atoms with Crippen LogP contribution in [0.25, 0.3) is 0 Å². The standard InChI is InChI=1S/C16H10BrF2NO/c1-9-6-7-13(18)14(15(9)19)16(21)11(8-20)10-4-2-3-5-12(10)17/h2-7,11H,1H3. The van der Waals surface area contributed by atoms with Crippen LogP contribution >= 0.6 is 15.9 Å². The third-order valence-electron chi connectivity index (χ3n) is 3.14. The summed E-state index contributed by atoms with van der Waals surface area (Å²) < 4.78 is 28.4. The molecule has 0 aliphatic carbocycles. The van der Waals surface area contributed by atoms with E-state index in [2.05, 4.69) is 15.9 Å². The van der Waals surface area contributed by atoms with Crippen LogP contribution in [-0.4, -0.2) is 5.78 Å². The highest BCUT2D eigenvalue weighted by Crippen LogP contribution is 2.29. The predicted octanol–water partition coefficient (Wildman–Crippen LogP) is 4.53. The van der Waals surface area contributed by atoms with Crippen LogP contribution in [0.15, 0.2) is 40.9 Å². The fourth-order valence-electron chi connectivity index (χ4n) is 2.01. The lowest BCUT2D eigenvalue weighted by Gasteiger charge is -2.12. The van der Waals surface area contributed by atoms with E-state index in [0.29, 0.717) is 10.0 Å². The Morgan fingerprint density at radius 2 is 1.90 bits per heavy atom. The lowest BCUT2D eigenvalue weighted by molar-refractivity contribution is 0.0970. The van der Waals surface area contributed by atoms with Crippen LogP contribution in [0.5, 0.6) is 0 Å². The minimum Gasteiger partial charge on any atom is -0.292 e. The molecule has 0 aliphatic heterocycles. The van der Waals surface area contributed by atoms with Crippen LogP contribution in [0.4, 0.5) is 8.78 Å². The lowest BCUT2D eigenvalue weighted by Crippen LogP contribution is -2.16. The number of benzene rings is 2. The van der Waals surface area contributed by atoms with E-state index < -0.39 is 28.9 Å². The van der Waals surface area contributed by atoms with Gasteiger partial charge in [0, 0.05) is 4.47 Å². The monoisotopic (exact) mass is 349 g/mol. The van der Waals surface area contributed by atoms with Crippen LogP contribution in [-0.2, 0) is 0 Å². The number of nitriles is 1. The number of carbonyl (C=O) groups is 1. The number of halogens is 3. The average Bonchev–Trinajstić information content (AvgIpc) is 2.46. The van der Waals surface area contributed by atoms with E-state index in [9.17, 15) is 18.8 Å². The summed E-state index contributed by atoms with van der Waals surface area (Å²) in [4.78, 5) is 12.4. The largest absolute Gasteiger partial charge is 0.292 e. The highest BCUT2D eigenvalue weighted by atomic mass is 79.9. The van der Waals surface area contributed by atoms with Crippen molar-refractivity contribution >= 4 is 21.7 Å². The van der Waals surface area contributed by atoms with Gasteiger partial charge >= 0.3 is 0 Å². The molecule has 1 atom stereocenters. The number of hydrogen-bond acceptors (Lipinski definition) is 2. The summed E-state index contributed by atoms with van der Waals surface area (Å²) in [6, 6.07) is 10.7. The molecule has 5 heteroatoms. The van der Waals surface area contributed by atoms with Gasteiger partial charge in [-0.15, -0.1) is 0 Å². The van der Waals surface area contributed by atoms with Crippen molar-refractivity contribution in [2.45, 2.75) is 12.8 Å². The van der Waals surface area contributed by atoms with E-state index in [1.165, 1.54) is 13.0 Å². The highest BCUT2D eigenvalue weighted by molar-refractivity contribution is 9.10. The van der Waals surface area contributed by atoms with Crippen LogP contribution < -0.4 is 0 Å². The van der Waals surface area contributed by atoms with Crippen molar-refractivity contribution in [3.8, 4) is 6.07 Å². The SMILES string of the molecule is Cc1ccc(F)c(C(=O)C(C#N)c2ccccc2Br)c1F. The third kappa shape index (κ3) is 2.86. The topological polar surface area (TPSA) is 40.9 Å². The first-order chi connectivity index (χ1) is 9.97. The molecule has 0 saturated carbocycles. The Morgan fingerprint density at radius 1 is 1.24 bits per heavy atom. The Balaban J connectivity index is 2.56. The molecule has 0 aliphatic rings. The van der Waals surface area contributed by atoms with Gasteiger partial charge in [-0.1, -0.05) is 40.2 Å². The zero-order valence-corrected chi connectivity index (χ0v) is 12.6. The smallest absolute Gasteiger partial charge is 0.190 e. The molecule has 0 radical (unpaired) electrons. The molecule has 106 valence electrons. The van der Waals surface area contributed by atoms with E-state index in [4.69, 9.17) is 0 Å². The minimum atomic E-state index is -1.27. The molecule has 0 fully saturated rings. The van der Waals surface area contributed by atoms with Crippen molar-refractivity contribution in [3.05, 3.63) is 69.2 Å². The molecule has 0 bridgehead atoms. The molecule has 2 rings (SSSR count). The molecule has 0 heterocycles. The second kappa shape index (κ2) is 6.15. The maximum atomic E-state index is 14.0. The normalized spacial score (nSPS) is 11.8. The third-order valence-corrected chi connectivity index (χ3v) is 3.86. The highest BCUT2D eigenvalue weighted by Gasteiger charge is 2.29. The number of aryl methyl sites for hydroxylation is 1. The minimum absolute atomic E-state index is 0.156. The van der Waals surface area contributed by atoms with Gasteiger partial charge in [-0.3, -0.25) is 4.79 Å². The molecule has 21 heavy (non-hydrogen) atoms. The summed E-state index contributed by atoms with van der Waals surface area (Å²) in [7, 11) is 0. The van der Waals surface area contributed by atoms with E-state index in [0.717, 1.165) is 6.07 Å². The summed E-state index contributed by atoms with van der Waals surface area (Å²) >= 11 is 3.24. The Kier molecular flexibility index (Phi) is 4.49. The number of hydrogen-bond donors (Lipinski definition) is 0. The molecule has 0 amide bonds. The molecular formula is C16H10BrF2NO. The fourth-order valence-corrected chi connectivity index (χ4v) is 2.52. The number of Topliss-reactive ketones (excluding diaryl/α,β-unsaturated/α-hetero) is 1. The molecule has 0 N–H and O–H groups in total. The maximum Gasteiger partial charge on any atom is 0.190 e. The second-order valence-corrected chi connectivity index (χ2v) is 5.36. The molecule has 2 aromatic rings. The quantitative estimate of drug-likeness (QED) is 0.764. The first-order valence-corrected chi connectivity index (χ1v) is 6.89. The molecule has 2 aromatic carbocycles. The zero-order chi connectivity index (χ0) is 15.6. The van der Waals surface area contributed by atoms with Gasteiger partial charge in [0.15, 0.2) is 5.78 Å². The summed E-state index contributed by atoms with van der Waals surface area (Å²) in [5, 5.41) is 9.25. The van der Waals surface area contributed by atoms with Gasteiger partial charge in [0.05, 0.1) is 11.6 Å². The summed E-state index contributed by atoms with van der Waals surface area (Å²) in [5.74, 6) is -4.04. The number of ketones is 1. The Labute approximate surface area is 129 Å². The van der Waals surface area contributed by atoms with Gasteiger partial charge in [-0.25, -0.2) is 8.78 Å². The van der Waals surface area contributed by atoms with Crippen LogP contribution in [0.1, 0.15) is 27.4 Å². The number of nitrogens with zero attached hydrogens (tertiary/aromatic N) is 1. The van der Waals surface area contributed by atoms with Crippen molar-refractivity contribution in [1.29, 1.82) is 5.26 Å². The van der Waals surface area contributed by atoms with Crippen molar-refractivity contribution in [3.63, 3.8) is 0 Å². The maximum absolute atomic E-state index is 14.0. The molecular weight excluding hydrogens is 340 g/mol. The number of rotatable bonds is 3. The van der Waals surface area contributed by atoms with Gasteiger partial charge in [-0.05, 0) is 30.2 Å². The summed E-state index contributed by atoms with van der Waals surface area (Å²) in [6.07, 6.45) is 0. The first kappa shape index (κ1) is 15.3. The van der Waals surface area contributed by atoms with Crippen molar-refractivity contribution < 1.29 is 13.6 Å². The van der Waals surface area contributed by atoms with Gasteiger partial charge in [0.25, 0.3) is 0 Å². The molecule has 1 unspecified atom stereocenters. The number of carbonyl (C=O) groups excluding carboxylic acids is 1. The predicted molar refractivity (Wildman–Crippen MR) is 77.9 cm³/mol. The first-order valence-electron chi connectivity index (χ1n) is 6.10. The van der Waals surface area contributed by atoms with Crippen LogP contribution in [0.2, 0.25) is 0 Å². The zero-order valence-electron chi connectivity index (χ0n) is 11.0. The lowest BCUT2D eigenvalue weighted by atomic mass is 9.90. The van der Waals surface area contributed by atoms with E-state index in [-0.39, 0.29) is 5.56 Å². The second-order valence-electron chi connectivity index (χ2n) is 4.50. The fraction of sp³-hybridized carbons (Fsp3) is 0.125. The van der Waals surface area contributed by atoms with Gasteiger partial charge in [0.2, 0.25) is 0 Å². The molecule has 2 nitrogen and oxygen atoms in total. The van der Waals surface area contributed by atoms with Gasteiger partial charge < -0.3 is 0 Å². The van der Waals surface area contributed by atoms with Crippen molar-refractivity contribution in [2.24, 2.45) is 0 Å². The van der Waals surface area contributed by atoms with Crippen LogP contribution in [0.3, 0.4) is 0 Å². The van der Waals surface area contributed by atoms with Crippen molar-refractivity contribution in [2.75, 3.05) is 0 Å². The molecule has 0 aromatic heterocycles. The molecule has 0 saturated heterocycles. The van der Waals surface area contributed by atoms with E-state index in [1.54, 1.807) is 24.3 Å². The summed E-state index contributed by atoms with van der Waals surface area (Å²) in [5.41, 5.74) is -0.133. The Morgan fingerprint density at radius 3 is 2.52 bits per heavy atom. The summed E-state index contributed by atoms with van der Waals surface area (Å²) in [6.45, 7) is 1.44. The van der Waals surface area contributed by atoms with Crippen molar-refractivity contribution in [1.82, 2.24) is 0 Å². The van der Waals surface area contributed by atoms with Crippen LogP contribution in [0, 0.1) is 29.9 Å². The Hall–Kier alpha value is -2.06. The van der Waals surface area contributed by atoms with Gasteiger partial charge in [-0.2, -0.15) is 5.26 Å². The van der Waals surface area contributed by atoms with E-state index >= 15 is 0 Å². The molecule has 0 spiro atoms. The van der Waals surface area contributed by atoms with Gasteiger partial charge in [0.1, 0.15) is 17.6 Å². The Bertz CT molecular complexity index is 752. The average molecular weight is 350 g/mol. The van der Waals surface area contributed by atoms with E-state index in [1.807, 2.05) is 6.07 Å².